The fourth-order valence-electron chi connectivity index (χ4n) is 11.3. The van der Waals surface area contributed by atoms with Crippen molar-refractivity contribution in [2.75, 3.05) is 26.4 Å². The third-order valence-corrected chi connectivity index (χ3v) is 17.6. The zero-order chi connectivity index (χ0) is 58.7. The van der Waals surface area contributed by atoms with Crippen molar-refractivity contribution in [3.63, 3.8) is 0 Å². The van der Waals surface area contributed by atoms with Crippen LogP contribution in [0.1, 0.15) is 399 Å². The molecular weight excluding hydrogens is 1030 g/mol. The molecule has 0 fully saturated rings. The molecule has 0 aromatic carbocycles. The SMILES string of the molecule is CCCCCCCCCC/C=C\CCCCCCCCCCCCCCCCCCCCCC(=O)OC(COC(=O)CCCCCCCCCCCCCCCCCCCCCCCCCCCCCCC)COP(=O)(O)OCCN. The van der Waals surface area contributed by atoms with Gasteiger partial charge in [0.1, 0.15) is 6.61 Å². The first-order chi connectivity index (χ1) is 39.8. The molecule has 0 rings (SSSR count). The first-order valence-corrected chi connectivity index (χ1v) is 37.7. The molecule has 2 atom stereocenters. The highest BCUT2D eigenvalue weighted by Crippen LogP contribution is 2.43. The van der Waals surface area contributed by atoms with Gasteiger partial charge in [-0.3, -0.25) is 18.6 Å². The third-order valence-electron chi connectivity index (χ3n) is 16.7. The van der Waals surface area contributed by atoms with E-state index in [1.54, 1.807) is 0 Å². The van der Waals surface area contributed by atoms with Crippen LogP contribution in [-0.2, 0) is 32.7 Å². The highest BCUT2D eigenvalue weighted by Gasteiger charge is 2.26. The van der Waals surface area contributed by atoms with Gasteiger partial charge in [0.05, 0.1) is 13.2 Å². The van der Waals surface area contributed by atoms with Crippen molar-refractivity contribution in [1.29, 1.82) is 0 Å². The maximum Gasteiger partial charge on any atom is 0.472 e. The molecule has 0 aromatic rings. The fraction of sp³-hybridized carbons (Fsp3) is 0.944. The second-order valence-corrected chi connectivity index (χ2v) is 26.3. The van der Waals surface area contributed by atoms with Gasteiger partial charge in [-0.1, -0.05) is 360 Å². The van der Waals surface area contributed by atoms with Crippen LogP contribution in [0.2, 0.25) is 0 Å². The molecular formula is C71H140NO8P. The van der Waals surface area contributed by atoms with Crippen LogP contribution >= 0.6 is 7.82 Å². The quantitative estimate of drug-likeness (QED) is 0.0264. The Bertz CT molecular complexity index is 1330. The molecule has 2 unspecified atom stereocenters. The van der Waals surface area contributed by atoms with E-state index in [0.717, 1.165) is 32.1 Å². The monoisotopic (exact) mass is 1170 g/mol. The van der Waals surface area contributed by atoms with Gasteiger partial charge in [0.25, 0.3) is 0 Å². The average molecular weight is 1170 g/mol. The summed E-state index contributed by atoms with van der Waals surface area (Å²) in [6.07, 6.45) is 81.8. The molecule has 0 aliphatic carbocycles. The Morgan fingerprint density at radius 3 is 0.877 bits per heavy atom. The Kier molecular flexibility index (Phi) is 66.8. The molecule has 9 nitrogen and oxygen atoms in total. The minimum atomic E-state index is -4.39. The topological polar surface area (TPSA) is 134 Å². The molecule has 10 heteroatoms. The van der Waals surface area contributed by atoms with Crippen molar-refractivity contribution in [2.45, 2.75) is 405 Å². The summed E-state index contributed by atoms with van der Waals surface area (Å²) in [4.78, 5) is 35.4. The first-order valence-electron chi connectivity index (χ1n) is 36.2. The lowest BCUT2D eigenvalue weighted by Crippen LogP contribution is -2.29. The molecule has 0 radical (unpaired) electrons. The number of unbranched alkanes of at least 4 members (excludes halogenated alkanes) is 55. The van der Waals surface area contributed by atoms with Gasteiger partial charge in [-0.25, -0.2) is 4.57 Å². The van der Waals surface area contributed by atoms with E-state index in [-0.39, 0.29) is 38.6 Å². The number of phosphoric ester groups is 1. The molecule has 0 heterocycles. The maximum absolute atomic E-state index is 12.8. The van der Waals surface area contributed by atoms with Crippen LogP contribution < -0.4 is 5.73 Å². The third kappa shape index (κ3) is 67.7. The molecule has 0 aliphatic rings. The predicted octanol–water partition coefficient (Wildman–Crippen LogP) is 23.5. The van der Waals surface area contributed by atoms with Gasteiger partial charge in [0.15, 0.2) is 6.10 Å². The lowest BCUT2D eigenvalue weighted by Gasteiger charge is -2.19. The minimum absolute atomic E-state index is 0.0579. The Hall–Kier alpha value is -1.25. The van der Waals surface area contributed by atoms with Gasteiger partial charge < -0.3 is 20.1 Å². The molecule has 0 spiro atoms. The molecule has 0 aromatic heterocycles. The Morgan fingerprint density at radius 2 is 0.605 bits per heavy atom. The van der Waals surface area contributed by atoms with Crippen molar-refractivity contribution in [1.82, 2.24) is 0 Å². The van der Waals surface area contributed by atoms with E-state index in [2.05, 4.69) is 26.0 Å². The van der Waals surface area contributed by atoms with Gasteiger partial charge in [0, 0.05) is 19.4 Å². The summed E-state index contributed by atoms with van der Waals surface area (Å²) in [5, 5.41) is 0. The van der Waals surface area contributed by atoms with E-state index in [4.69, 9.17) is 24.3 Å². The molecule has 3 N–H and O–H groups in total. The summed E-state index contributed by atoms with van der Waals surface area (Å²) in [6.45, 7) is 3.84. The summed E-state index contributed by atoms with van der Waals surface area (Å²) >= 11 is 0. The Morgan fingerprint density at radius 1 is 0.358 bits per heavy atom. The number of rotatable bonds is 70. The summed E-state index contributed by atoms with van der Waals surface area (Å²) in [5.41, 5.74) is 5.41. The van der Waals surface area contributed by atoms with Gasteiger partial charge in [-0.2, -0.15) is 0 Å². The number of carbonyl (C=O) groups is 2. The molecule has 0 amide bonds. The zero-order valence-corrected chi connectivity index (χ0v) is 55.2. The zero-order valence-electron chi connectivity index (χ0n) is 54.3. The standard InChI is InChI=1S/C71H140NO8P/c1-3-5-7-9-11-13-15-17-19-21-23-25-27-29-31-33-34-36-38-40-42-44-46-48-50-52-54-56-58-60-62-64-71(74)80-69(68-79-81(75,76)78-66-65-72)67-77-70(73)63-61-59-57-55-53-51-49-47-45-43-41-39-37-35-32-30-28-26-24-22-20-18-16-14-12-10-8-6-4-2/h21,23,69H,3-20,22,24-68,72H2,1-2H3,(H,75,76)/b23-21-. The summed E-state index contributed by atoms with van der Waals surface area (Å²) < 4.78 is 33.2. The second-order valence-electron chi connectivity index (χ2n) is 24.8. The van der Waals surface area contributed by atoms with Crippen molar-refractivity contribution in [2.24, 2.45) is 5.73 Å². The lowest BCUT2D eigenvalue weighted by atomic mass is 10.0. The molecule has 0 saturated heterocycles. The van der Waals surface area contributed by atoms with Crippen LogP contribution in [0, 0.1) is 0 Å². The van der Waals surface area contributed by atoms with E-state index < -0.39 is 26.5 Å². The van der Waals surface area contributed by atoms with Crippen LogP contribution in [0.5, 0.6) is 0 Å². The van der Waals surface area contributed by atoms with Gasteiger partial charge in [-0.15, -0.1) is 0 Å². The average Bonchev–Trinajstić information content (AvgIpc) is 3.46. The highest BCUT2D eigenvalue weighted by atomic mass is 31.2. The van der Waals surface area contributed by atoms with Crippen molar-refractivity contribution in [3.8, 4) is 0 Å². The summed E-state index contributed by atoms with van der Waals surface area (Å²) in [7, 11) is -4.39. The molecule has 0 bridgehead atoms. The molecule has 482 valence electrons. The minimum Gasteiger partial charge on any atom is -0.462 e. The predicted molar refractivity (Wildman–Crippen MR) is 349 cm³/mol. The maximum atomic E-state index is 12.8. The highest BCUT2D eigenvalue weighted by molar-refractivity contribution is 7.47. The van der Waals surface area contributed by atoms with Crippen molar-refractivity contribution in [3.05, 3.63) is 12.2 Å². The summed E-state index contributed by atoms with van der Waals surface area (Å²) in [5.74, 6) is -0.799. The fourth-order valence-corrected chi connectivity index (χ4v) is 12.1. The molecule has 0 aliphatic heterocycles. The number of hydrogen-bond acceptors (Lipinski definition) is 8. The number of carbonyl (C=O) groups excluding carboxylic acids is 2. The smallest absolute Gasteiger partial charge is 0.462 e. The van der Waals surface area contributed by atoms with Crippen molar-refractivity contribution >= 4 is 19.8 Å². The number of phosphoric acid groups is 1. The van der Waals surface area contributed by atoms with E-state index in [1.165, 1.54) is 334 Å². The Labute approximate surface area is 504 Å². The normalized spacial score (nSPS) is 12.9. The first kappa shape index (κ1) is 79.8. The largest absolute Gasteiger partial charge is 0.472 e. The number of ether oxygens (including phenoxy) is 2. The van der Waals surface area contributed by atoms with E-state index >= 15 is 0 Å². The van der Waals surface area contributed by atoms with Crippen LogP contribution in [0.25, 0.3) is 0 Å². The second kappa shape index (κ2) is 67.9. The van der Waals surface area contributed by atoms with E-state index in [0.29, 0.717) is 6.42 Å². The molecule has 81 heavy (non-hydrogen) atoms. The Balaban J connectivity index is 3.79. The van der Waals surface area contributed by atoms with Gasteiger partial charge in [-0.05, 0) is 38.5 Å². The van der Waals surface area contributed by atoms with Crippen molar-refractivity contribution < 1.29 is 37.6 Å². The van der Waals surface area contributed by atoms with Crippen LogP contribution in [0.15, 0.2) is 12.2 Å². The van der Waals surface area contributed by atoms with Gasteiger partial charge in [0.2, 0.25) is 0 Å². The number of allylic oxidation sites excluding steroid dienone is 2. The van der Waals surface area contributed by atoms with Gasteiger partial charge >= 0.3 is 19.8 Å². The van der Waals surface area contributed by atoms with Crippen LogP contribution in [0.3, 0.4) is 0 Å². The number of hydrogen-bond donors (Lipinski definition) is 2. The van der Waals surface area contributed by atoms with E-state index in [9.17, 15) is 19.0 Å². The van der Waals surface area contributed by atoms with Crippen LogP contribution in [0.4, 0.5) is 0 Å². The number of esters is 2. The molecule has 0 saturated carbocycles. The van der Waals surface area contributed by atoms with E-state index in [1.807, 2.05) is 0 Å². The number of nitrogens with two attached hydrogens (primary N) is 1. The van der Waals surface area contributed by atoms with Crippen LogP contribution in [-0.4, -0.2) is 49.3 Å². The lowest BCUT2D eigenvalue weighted by molar-refractivity contribution is -0.161. The summed E-state index contributed by atoms with van der Waals surface area (Å²) in [6, 6.07) is 0.